The highest BCUT2D eigenvalue weighted by atomic mass is 31.2. The molecule has 16 nitrogen and oxygen atoms in total. The van der Waals surface area contributed by atoms with Gasteiger partial charge in [0.25, 0.3) is 0 Å². The minimum Gasteiger partial charge on any atom is -0.493 e. The Balaban J connectivity index is 1.35. The molecule has 0 aromatic heterocycles. The van der Waals surface area contributed by atoms with E-state index < -0.39 is 80.4 Å². The molecule has 5 aliphatic rings. The maximum Gasteiger partial charge on any atom is 0.525 e. The van der Waals surface area contributed by atoms with Crippen molar-refractivity contribution in [2.45, 2.75) is 55.9 Å². The van der Waals surface area contributed by atoms with Crippen LogP contribution in [0.3, 0.4) is 0 Å². The first-order valence-electron chi connectivity index (χ1n) is 14.9. The zero-order valence-corrected chi connectivity index (χ0v) is 25.7. The van der Waals surface area contributed by atoms with Gasteiger partial charge in [-0.05, 0) is 47.9 Å². The van der Waals surface area contributed by atoms with Gasteiger partial charge in [-0.2, -0.15) is 0 Å². The zero-order chi connectivity index (χ0) is 33.4. The number of cyclic esters (lactones) is 1. The summed E-state index contributed by atoms with van der Waals surface area (Å²) in [5, 5.41) is 22.0. The monoisotopic (exact) mass is 669 g/mol. The van der Waals surface area contributed by atoms with Crippen LogP contribution in [-0.2, 0) is 33.0 Å². The number of phosphoric ester groups is 1. The molecule has 17 heteroatoms. The molecule has 4 aliphatic heterocycles. The number of benzene rings is 2. The summed E-state index contributed by atoms with van der Waals surface area (Å²) < 4.78 is 77.9. The smallest absolute Gasteiger partial charge is 0.493 e. The molecule has 250 valence electrons. The summed E-state index contributed by atoms with van der Waals surface area (Å²) in [6.45, 7) is 1.47. The number of aliphatic hydroxyl groups excluding tert-OH is 2. The normalized spacial score (nSPS) is 36.5. The predicted molar refractivity (Wildman–Crippen MR) is 149 cm³/mol. The van der Waals surface area contributed by atoms with Gasteiger partial charge in [-0.1, -0.05) is 0 Å². The quantitative estimate of drug-likeness (QED) is 0.240. The maximum absolute atomic E-state index is 13.6. The Morgan fingerprint density at radius 3 is 2.26 bits per heavy atom. The summed E-state index contributed by atoms with van der Waals surface area (Å²) in [4.78, 5) is 32.6. The number of carbonyl (C=O) groups excluding carboxylic acids is 1. The van der Waals surface area contributed by atoms with E-state index >= 15 is 0 Å². The van der Waals surface area contributed by atoms with E-state index in [0.717, 1.165) is 0 Å². The highest BCUT2D eigenvalue weighted by Gasteiger charge is 2.56. The number of hydrogen-bond acceptors (Lipinski definition) is 14. The number of hydrogen-bond donors (Lipinski definition) is 4. The lowest BCUT2D eigenvalue weighted by Gasteiger charge is -2.47. The fraction of sp³-hybridized carbons (Fsp3) is 0.552. The Hall–Kier alpha value is -3.18. The van der Waals surface area contributed by atoms with Crippen molar-refractivity contribution in [1.29, 1.82) is 0 Å². The van der Waals surface area contributed by atoms with Crippen molar-refractivity contribution in [3.05, 3.63) is 41.0 Å². The topological polar surface area (TPSA) is 207 Å². The molecular formula is C29H33O16P. The summed E-state index contributed by atoms with van der Waals surface area (Å²) in [5.41, 5.74) is 0.755. The van der Waals surface area contributed by atoms with Gasteiger partial charge in [0.2, 0.25) is 12.5 Å². The number of phosphoric acid groups is 1. The Labute approximate surface area is 263 Å². The van der Waals surface area contributed by atoms with Crippen LogP contribution >= 0.6 is 7.82 Å². The lowest BCUT2D eigenvalue weighted by Crippen LogP contribution is -2.63. The van der Waals surface area contributed by atoms with Gasteiger partial charge in [-0.3, -0.25) is 14.6 Å². The molecule has 46 heavy (non-hydrogen) atoms. The van der Waals surface area contributed by atoms with Gasteiger partial charge in [-0.15, -0.1) is 0 Å². The Bertz CT molecular complexity index is 1590. The minimum atomic E-state index is -5.06. The van der Waals surface area contributed by atoms with Crippen LogP contribution in [-0.4, -0.2) is 97.2 Å². The van der Waals surface area contributed by atoms with Crippen molar-refractivity contribution in [1.82, 2.24) is 0 Å². The van der Waals surface area contributed by atoms with E-state index in [1.807, 2.05) is 0 Å². The average molecular weight is 670 g/mol. The molecule has 2 aromatic carbocycles. The van der Waals surface area contributed by atoms with Crippen molar-refractivity contribution in [2.24, 2.45) is 11.8 Å². The fourth-order valence-electron chi connectivity index (χ4n) is 6.67. The number of methoxy groups -OCH3 is 2. The molecule has 4 N–H and O–H groups in total. The van der Waals surface area contributed by atoms with Gasteiger partial charge in [0.05, 0.1) is 39.5 Å². The molecule has 3 saturated heterocycles. The maximum atomic E-state index is 13.6. The third-order valence-electron chi connectivity index (χ3n) is 8.69. The van der Waals surface area contributed by atoms with Crippen LogP contribution in [0.1, 0.15) is 37.0 Å². The molecule has 0 radical (unpaired) electrons. The van der Waals surface area contributed by atoms with Crippen LogP contribution in [0.2, 0.25) is 0 Å². The van der Waals surface area contributed by atoms with Gasteiger partial charge in [0.15, 0.2) is 35.6 Å². The summed E-state index contributed by atoms with van der Waals surface area (Å²) in [6.07, 6.45) is -7.60. The van der Waals surface area contributed by atoms with Crippen LogP contribution in [0.5, 0.6) is 28.7 Å². The summed E-state index contributed by atoms with van der Waals surface area (Å²) in [6, 6.07) is 5.82. The van der Waals surface area contributed by atoms with Crippen LogP contribution in [0, 0.1) is 11.8 Å². The molecule has 0 bridgehead atoms. The molecule has 4 heterocycles. The third-order valence-corrected chi connectivity index (χ3v) is 9.11. The number of aliphatic hydroxyl groups is 2. The van der Waals surface area contributed by atoms with Crippen molar-refractivity contribution in [3.8, 4) is 28.7 Å². The second-order valence-corrected chi connectivity index (χ2v) is 12.5. The molecule has 7 rings (SSSR count). The van der Waals surface area contributed by atoms with E-state index in [1.54, 1.807) is 19.1 Å². The van der Waals surface area contributed by atoms with Crippen LogP contribution in [0.25, 0.3) is 0 Å². The Morgan fingerprint density at radius 1 is 0.935 bits per heavy atom. The van der Waals surface area contributed by atoms with Gasteiger partial charge in [0.1, 0.15) is 24.4 Å². The Kier molecular flexibility index (Phi) is 7.75. The molecule has 0 spiro atoms. The van der Waals surface area contributed by atoms with E-state index in [0.29, 0.717) is 17.1 Å². The standard InChI is InChI=1S/C29H33O16P/c1-11-38-9-20-27(42-11)23(30)24(31)29(43-20)44-25-14-7-17-16(40-10-41-17)6-13(14)21(22-15(25)8-39-28(22)32)12-4-18(36-2)26(19(5-12)37-3)45-46(33,34)35/h4-7,11,15,20-25,27,29-31H,8-10H2,1-3H3,(H2,33,34,35)/t11-,15+,20-,21-,22+,23-,24-,25-,27-,29+/m1/s1/i21D. The first-order valence-corrected chi connectivity index (χ1v) is 15.9. The second kappa shape index (κ2) is 11.8. The van der Waals surface area contributed by atoms with Crippen molar-refractivity contribution >= 4 is 13.8 Å². The molecule has 0 unspecified atom stereocenters. The largest absolute Gasteiger partial charge is 0.525 e. The number of rotatable bonds is 7. The number of fused-ring (bicyclic) bond motifs is 4. The van der Waals surface area contributed by atoms with E-state index in [9.17, 15) is 30.7 Å². The Morgan fingerprint density at radius 2 is 1.61 bits per heavy atom. The summed E-state index contributed by atoms with van der Waals surface area (Å²) >= 11 is 0. The van der Waals surface area contributed by atoms with Gasteiger partial charge < -0.3 is 57.4 Å². The van der Waals surface area contributed by atoms with Gasteiger partial charge in [0, 0.05) is 13.2 Å². The number of ether oxygens (including phenoxy) is 9. The van der Waals surface area contributed by atoms with Crippen LogP contribution in [0.4, 0.5) is 0 Å². The van der Waals surface area contributed by atoms with E-state index in [4.69, 9.17) is 47.2 Å². The van der Waals surface area contributed by atoms with E-state index in [-0.39, 0.29) is 42.6 Å². The minimum absolute atomic E-state index is 0.0737. The van der Waals surface area contributed by atoms with Crippen molar-refractivity contribution in [3.63, 3.8) is 0 Å². The predicted octanol–water partition coefficient (Wildman–Crippen LogP) is 1.10. The molecule has 0 amide bonds. The van der Waals surface area contributed by atoms with E-state index in [2.05, 4.69) is 0 Å². The molecule has 0 saturated carbocycles. The van der Waals surface area contributed by atoms with Gasteiger partial charge in [-0.25, -0.2) is 4.57 Å². The zero-order valence-electron chi connectivity index (χ0n) is 25.8. The summed E-state index contributed by atoms with van der Waals surface area (Å²) in [5.74, 6) is -4.85. The molecule has 10 atom stereocenters. The molecular weight excluding hydrogens is 635 g/mol. The lowest BCUT2D eigenvalue weighted by molar-refractivity contribution is -0.364. The summed E-state index contributed by atoms with van der Waals surface area (Å²) in [7, 11) is -2.59. The van der Waals surface area contributed by atoms with Crippen molar-refractivity contribution in [2.75, 3.05) is 34.2 Å². The van der Waals surface area contributed by atoms with Gasteiger partial charge >= 0.3 is 13.8 Å². The number of carbonyl (C=O) groups is 1. The van der Waals surface area contributed by atoms with Crippen LogP contribution in [0.15, 0.2) is 24.3 Å². The SMILES string of the molecule is [2H][C@@]1(c2cc(OC)c(OP(=O)(O)O)c(OC)c2)c2cc3c(cc2[C@@H](O[C@@H]2O[C@@H]4CO[C@@H](C)O[C@H]4[C@H](O)[C@H]2O)[C@H]2COC(=O)[C@@H]21)OCO3. The average Bonchev–Trinajstić information content (AvgIpc) is 3.66. The number of esters is 1. The highest BCUT2D eigenvalue weighted by molar-refractivity contribution is 7.46. The lowest BCUT2D eigenvalue weighted by atomic mass is 9.66. The second-order valence-electron chi connectivity index (χ2n) is 11.4. The first kappa shape index (κ1) is 30.2. The molecule has 3 fully saturated rings. The van der Waals surface area contributed by atoms with Crippen molar-refractivity contribution < 1.29 is 77.9 Å². The van der Waals surface area contributed by atoms with E-state index in [1.165, 1.54) is 26.4 Å². The van der Waals surface area contributed by atoms with Crippen LogP contribution < -0.4 is 23.5 Å². The highest BCUT2D eigenvalue weighted by Crippen LogP contribution is 2.57. The fourth-order valence-corrected chi connectivity index (χ4v) is 7.08. The first-order chi connectivity index (χ1) is 22.3. The molecule has 1 aliphatic carbocycles. The third kappa shape index (κ3) is 5.37. The molecule has 2 aromatic rings.